The number of hydrogen-bond donors (Lipinski definition) is 3. The molecular weight excluding hydrogens is 374 g/mol. The van der Waals surface area contributed by atoms with Gasteiger partial charge in [0.15, 0.2) is 6.61 Å². The van der Waals surface area contributed by atoms with Gasteiger partial charge in [0.2, 0.25) is 15.9 Å². The Hall–Kier alpha value is -2.72. The minimum Gasteiger partial charge on any atom is -0.452 e. The number of sulfonamides is 1. The summed E-state index contributed by atoms with van der Waals surface area (Å²) in [5.41, 5.74) is 0.0854. The van der Waals surface area contributed by atoms with E-state index >= 15 is 0 Å². The van der Waals surface area contributed by atoms with E-state index in [9.17, 15) is 22.8 Å². The molecule has 9 nitrogen and oxygen atoms in total. The van der Waals surface area contributed by atoms with Gasteiger partial charge in [-0.1, -0.05) is 6.08 Å². The molecule has 0 aliphatic carbocycles. The van der Waals surface area contributed by atoms with E-state index in [0.29, 0.717) is 6.54 Å². The van der Waals surface area contributed by atoms with Crippen LogP contribution in [0.2, 0.25) is 0 Å². The van der Waals surface area contributed by atoms with E-state index in [2.05, 4.69) is 21.9 Å². The van der Waals surface area contributed by atoms with Gasteiger partial charge in [-0.3, -0.25) is 9.59 Å². The van der Waals surface area contributed by atoms with Gasteiger partial charge in [0.05, 0.1) is 10.5 Å². The maximum atomic E-state index is 11.9. The predicted molar refractivity (Wildman–Crippen MR) is 98.4 cm³/mol. The molecule has 0 aliphatic heterocycles. The van der Waals surface area contributed by atoms with Crippen LogP contribution in [0, 0.1) is 0 Å². The van der Waals surface area contributed by atoms with Gasteiger partial charge in [0.25, 0.3) is 5.91 Å². The fourth-order valence-corrected chi connectivity index (χ4v) is 2.91. The first kappa shape index (κ1) is 22.3. The van der Waals surface area contributed by atoms with Crippen molar-refractivity contribution in [2.24, 2.45) is 0 Å². The number of nitrogens with one attached hydrogen (secondary N) is 3. The van der Waals surface area contributed by atoms with E-state index < -0.39 is 34.5 Å². The second-order valence-electron chi connectivity index (χ2n) is 5.42. The van der Waals surface area contributed by atoms with Crippen molar-refractivity contribution in [2.45, 2.75) is 24.8 Å². The molecule has 1 aromatic rings. The van der Waals surface area contributed by atoms with Crippen LogP contribution in [0.3, 0.4) is 0 Å². The van der Waals surface area contributed by atoms with Crippen LogP contribution >= 0.6 is 0 Å². The van der Waals surface area contributed by atoms with Crippen LogP contribution in [0.25, 0.3) is 0 Å². The van der Waals surface area contributed by atoms with Gasteiger partial charge < -0.3 is 15.4 Å². The minimum atomic E-state index is -3.69. The molecule has 0 radical (unpaired) electrons. The molecule has 1 rings (SSSR count). The number of carbonyl (C=O) groups is 3. The standard InChI is InChI=1S/C17H23N3O6S/c1-4-10-19-27(24,25)14-8-6-13(7-9-14)17(23)26-11-15(21)20-12(3)16(22)18-5-2/h4,6-9,12,19H,1,5,10-11H2,2-3H3,(H,18,22)(H,20,21)/t12-/m0/s1. The molecule has 0 heterocycles. The van der Waals surface area contributed by atoms with E-state index in [1.807, 2.05) is 0 Å². The largest absolute Gasteiger partial charge is 0.452 e. The van der Waals surface area contributed by atoms with Crippen LogP contribution in [0.5, 0.6) is 0 Å². The molecule has 2 amide bonds. The summed E-state index contributed by atoms with van der Waals surface area (Å²) in [6.45, 7) is 6.62. The van der Waals surface area contributed by atoms with Gasteiger partial charge in [-0.05, 0) is 38.1 Å². The van der Waals surface area contributed by atoms with E-state index in [1.54, 1.807) is 6.92 Å². The first-order valence-electron chi connectivity index (χ1n) is 8.16. The Morgan fingerprint density at radius 2 is 1.85 bits per heavy atom. The van der Waals surface area contributed by atoms with Gasteiger partial charge >= 0.3 is 5.97 Å². The SMILES string of the molecule is C=CCNS(=O)(=O)c1ccc(C(=O)OCC(=O)N[C@@H](C)C(=O)NCC)cc1. The van der Waals surface area contributed by atoms with Crippen molar-refractivity contribution in [3.05, 3.63) is 42.5 Å². The summed E-state index contributed by atoms with van der Waals surface area (Å²) in [6.07, 6.45) is 1.40. The number of benzene rings is 1. The van der Waals surface area contributed by atoms with Crippen molar-refractivity contribution < 1.29 is 27.5 Å². The Labute approximate surface area is 158 Å². The highest BCUT2D eigenvalue weighted by Gasteiger charge is 2.17. The molecule has 27 heavy (non-hydrogen) atoms. The molecule has 0 unspecified atom stereocenters. The van der Waals surface area contributed by atoms with Crippen molar-refractivity contribution in [3.63, 3.8) is 0 Å². The summed E-state index contributed by atoms with van der Waals surface area (Å²) in [5, 5.41) is 4.95. The molecular formula is C17H23N3O6S. The average molecular weight is 397 g/mol. The maximum Gasteiger partial charge on any atom is 0.338 e. The number of esters is 1. The van der Waals surface area contributed by atoms with Gasteiger partial charge in [-0.15, -0.1) is 6.58 Å². The van der Waals surface area contributed by atoms with E-state index in [-0.39, 0.29) is 22.9 Å². The van der Waals surface area contributed by atoms with E-state index in [0.717, 1.165) is 0 Å². The molecule has 1 aromatic carbocycles. The van der Waals surface area contributed by atoms with Crippen LogP contribution in [0.15, 0.2) is 41.8 Å². The normalized spacial score (nSPS) is 11.9. The van der Waals surface area contributed by atoms with E-state index in [4.69, 9.17) is 4.74 Å². The number of ether oxygens (including phenoxy) is 1. The van der Waals surface area contributed by atoms with Crippen LogP contribution < -0.4 is 15.4 Å². The molecule has 0 aromatic heterocycles. The van der Waals surface area contributed by atoms with Crippen LogP contribution in [-0.4, -0.2) is 51.9 Å². The summed E-state index contributed by atoms with van der Waals surface area (Å²) in [7, 11) is -3.69. The lowest BCUT2D eigenvalue weighted by molar-refractivity contribution is -0.130. The van der Waals surface area contributed by atoms with Crippen LogP contribution in [0.1, 0.15) is 24.2 Å². The average Bonchev–Trinajstić information content (AvgIpc) is 2.64. The Kier molecular flexibility index (Phi) is 8.63. The Bertz CT molecular complexity index is 789. The van der Waals surface area contributed by atoms with E-state index in [1.165, 1.54) is 37.3 Å². The maximum absolute atomic E-state index is 11.9. The van der Waals surface area contributed by atoms with Crippen molar-refractivity contribution in [1.82, 2.24) is 15.4 Å². The zero-order valence-electron chi connectivity index (χ0n) is 15.2. The molecule has 0 fully saturated rings. The third-order valence-electron chi connectivity index (χ3n) is 3.27. The lowest BCUT2D eigenvalue weighted by atomic mass is 10.2. The van der Waals surface area contributed by atoms with Crippen molar-refractivity contribution >= 4 is 27.8 Å². The highest BCUT2D eigenvalue weighted by atomic mass is 32.2. The number of hydrogen-bond acceptors (Lipinski definition) is 6. The Morgan fingerprint density at radius 1 is 1.22 bits per heavy atom. The summed E-state index contributed by atoms with van der Waals surface area (Å²) in [6, 6.07) is 4.29. The first-order valence-corrected chi connectivity index (χ1v) is 9.64. The summed E-state index contributed by atoms with van der Waals surface area (Å²) < 4.78 is 31.0. The fourth-order valence-electron chi connectivity index (χ4n) is 1.91. The molecule has 0 spiro atoms. The second-order valence-corrected chi connectivity index (χ2v) is 7.19. The predicted octanol–water partition coefficient (Wildman–Crippen LogP) is -0.0515. The molecule has 0 bridgehead atoms. The quantitative estimate of drug-likeness (QED) is 0.375. The highest BCUT2D eigenvalue weighted by molar-refractivity contribution is 7.89. The minimum absolute atomic E-state index is 0.0191. The van der Waals surface area contributed by atoms with Crippen molar-refractivity contribution in [2.75, 3.05) is 19.7 Å². The molecule has 1 atom stereocenters. The smallest absolute Gasteiger partial charge is 0.338 e. The first-order chi connectivity index (χ1) is 12.7. The van der Waals surface area contributed by atoms with Gasteiger partial charge in [-0.25, -0.2) is 17.9 Å². The molecule has 0 saturated carbocycles. The van der Waals surface area contributed by atoms with Gasteiger partial charge in [0, 0.05) is 13.1 Å². The molecule has 10 heteroatoms. The fraction of sp³-hybridized carbons (Fsp3) is 0.353. The monoisotopic (exact) mass is 397 g/mol. The zero-order chi connectivity index (χ0) is 20.4. The van der Waals surface area contributed by atoms with Gasteiger partial charge in [-0.2, -0.15) is 0 Å². The summed E-state index contributed by atoms with van der Waals surface area (Å²) >= 11 is 0. The number of rotatable bonds is 10. The second kappa shape index (κ2) is 10.4. The molecule has 3 N–H and O–H groups in total. The Balaban J connectivity index is 2.59. The Morgan fingerprint density at radius 3 is 2.41 bits per heavy atom. The number of carbonyl (C=O) groups excluding carboxylic acids is 3. The number of amides is 2. The van der Waals surface area contributed by atoms with Crippen LogP contribution in [-0.2, 0) is 24.3 Å². The lowest BCUT2D eigenvalue weighted by Crippen LogP contribution is -2.46. The number of likely N-dealkylation sites (N-methyl/N-ethyl adjacent to an activating group) is 1. The van der Waals surface area contributed by atoms with Crippen LogP contribution in [0.4, 0.5) is 0 Å². The summed E-state index contributed by atoms with van der Waals surface area (Å²) in [4.78, 5) is 35.2. The van der Waals surface area contributed by atoms with Crippen molar-refractivity contribution in [1.29, 1.82) is 0 Å². The van der Waals surface area contributed by atoms with Crippen molar-refractivity contribution in [3.8, 4) is 0 Å². The molecule has 0 saturated heterocycles. The molecule has 0 aliphatic rings. The zero-order valence-corrected chi connectivity index (χ0v) is 16.0. The third kappa shape index (κ3) is 7.19. The third-order valence-corrected chi connectivity index (χ3v) is 4.71. The highest BCUT2D eigenvalue weighted by Crippen LogP contribution is 2.11. The topological polar surface area (TPSA) is 131 Å². The van der Waals surface area contributed by atoms with Gasteiger partial charge in [0.1, 0.15) is 6.04 Å². The summed E-state index contributed by atoms with van der Waals surface area (Å²) in [5.74, 6) is -1.77. The lowest BCUT2D eigenvalue weighted by Gasteiger charge is -2.13. The molecule has 148 valence electrons.